The van der Waals surface area contributed by atoms with Gasteiger partial charge in [-0.05, 0) is 12.1 Å². The number of rotatable bonds is 1. The van der Waals surface area contributed by atoms with Crippen LogP contribution in [0.15, 0.2) is 27.4 Å². The van der Waals surface area contributed by atoms with Gasteiger partial charge in [-0.3, -0.25) is 4.79 Å². The van der Waals surface area contributed by atoms with Crippen molar-refractivity contribution in [3.05, 3.63) is 34.0 Å². The lowest BCUT2D eigenvalue weighted by molar-refractivity contribution is -0.169. The Morgan fingerprint density at radius 3 is 2.96 bits per heavy atom. The average molecular weight is 318 g/mol. The molecular formula is C16H14O7. The fourth-order valence-electron chi connectivity index (χ4n) is 3.40. The molecule has 2 aliphatic rings. The second kappa shape index (κ2) is 4.48. The molecule has 120 valence electrons. The van der Waals surface area contributed by atoms with Crippen molar-refractivity contribution in [2.75, 3.05) is 13.7 Å². The van der Waals surface area contributed by atoms with Gasteiger partial charge < -0.3 is 23.7 Å². The Morgan fingerprint density at radius 1 is 1.43 bits per heavy atom. The highest BCUT2D eigenvalue weighted by Gasteiger charge is 2.65. The molecule has 2 aliphatic heterocycles. The van der Waals surface area contributed by atoms with Crippen LogP contribution in [0.3, 0.4) is 0 Å². The number of benzene rings is 1. The Bertz CT molecular complexity index is 884. The minimum atomic E-state index is -1.65. The molecule has 1 aromatic carbocycles. The summed E-state index contributed by atoms with van der Waals surface area (Å²) in [4.78, 5) is 25.4. The van der Waals surface area contributed by atoms with Crippen LogP contribution in [0.5, 0.6) is 11.7 Å². The van der Waals surface area contributed by atoms with Crippen molar-refractivity contribution in [2.45, 2.75) is 18.6 Å². The van der Waals surface area contributed by atoms with Crippen molar-refractivity contribution in [1.29, 1.82) is 0 Å². The molecule has 0 spiro atoms. The zero-order valence-electron chi connectivity index (χ0n) is 12.5. The van der Waals surface area contributed by atoms with Gasteiger partial charge >= 0.3 is 5.97 Å². The summed E-state index contributed by atoms with van der Waals surface area (Å²) in [6.45, 7) is 2.10. The quantitative estimate of drug-likeness (QED) is 0.792. The van der Waals surface area contributed by atoms with Gasteiger partial charge in [-0.15, -0.1) is 0 Å². The molecule has 3 heterocycles. The molecule has 7 nitrogen and oxygen atoms in total. The largest absolute Gasteiger partial charge is 0.507 e. The molecule has 0 saturated carbocycles. The zero-order chi connectivity index (χ0) is 16.4. The van der Waals surface area contributed by atoms with E-state index in [0.29, 0.717) is 0 Å². The normalized spacial score (nSPS) is 28.3. The maximum absolute atomic E-state index is 12.9. The smallest absolute Gasteiger partial charge is 0.347 e. The summed E-state index contributed by atoms with van der Waals surface area (Å²) in [7, 11) is 1.22. The van der Waals surface area contributed by atoms with Crippen molar-refractivity contribution in [2.24, 2.45) is 5.92 Å². The number of carbonyl (C=O) groups is 1. The molecule has 0 bridgehead atoms. The minimum Gasteiger partial charge on any atom is -0.507 e. The second-order valence-electron chi connectivity index (χ2n) is 5.80. The highest BCUT2D eigenvalue weighted by molar-refractivity contribution is 5.89. The van der Waals surface area contributed by atoms with Crippen LogP contribution in [0.1, 0.15) is 12.5 Å². The monoisotopic (exact) mass is 318 g/mol. The van der Waals surface area contributed by atoms with Crippen molar-refractivity contribution < 1.29 is 28.5 Å². The third-order valence-corrected chi connectivity index (χ3v) is 4.45. The summed E-state index contributed by atoms with van der Waals surface area (Å²) in [5.74, 6) is -1.14. The molecular weight excluding hydrogens is 304 g/mol. The molecule has 4 rings (SSSR count). The maximum Gasteiger partial charge on any atom is 0.347 e. The van der Waals surface area contributed by atoms with Gasteiger partial charge in [-0.2, -0.15) is 0 Å². The fourth-order valence-corrected chi connectivity index (χ4v) is 3.40. The standard InChI is InChI=1S/C16H14O7/c1-7-6-21-16(15(19)20-2)11-12(18)10-8(17)4-3-5-9(10)22-14(11)23-13(7)16/h3-5,7,13,17H,6H2,1-2H3/t7-,13+,16+/m0/s1. The molecule has 23 heavy (non-hydrogen) atoms. The number of fused-ring (bicyclic) bond motifs is 4. The van der Waals surface area contributed by atoms with Gasteiger partial charge in [0.25, 0.3) is 5.95 Å². The van der Waals surface area contributed by atoms with E-state index in [9.17, 15) is 14.7 Å². The van der Waals surface area contributed by atoms with Gasteiger partial charge in [-0.1, -0.05) is 13.0 Å². The lowest BCUT2D eigenvalue weighted by Crippen LogP contribution is -2.47. The number of ether oxygens (including phenoxy) is 3. The first-order valence-corrected chi connectivity index (χ1v) is 7.19. The molecule has 0 radical (unpaired) electrons. The molecule has 1 fully saturated rings. The highest BCUT2D eigenvalue weighted by Crippen LogP contribution is 2.50. The van der Waals surface area contributed by atoms with Crippen molar-refractivity contribution in [3.63, 3.8) is 0 Å². The van der Waals surface area contributed by atoms with Gasteiger partial charge in [0.1, 0.15) is 22.3 Å². The van der Waals surface area contributed by atoms with E-state index >= 15 is 0 Å². The zero-order valence-corrected chi connectivity index (χ0v) is 12.5. The SMILES string of the molecule is COC(=O)[C@]12OC[C@H](C)[C@H]1Oc1oc3cccc(O)c3c(=O)c12. The van der Waals surface area contributed by atoms with Crippen molar-refractivity contribution in [1.82, 2.24) is 0 Å². The van der Waals surface area contributed by atoms with Crippen molar-refractivity contribution >= 4 is 16.9 Å². The average Bonchev–Trinajstić information content (AvgIpc) is 3.02. The fraction of sp³-hybridized carbons (Fsp3) is 0.375. The first-order valence-electron chi connectivity index (χ1n) is 7.19. The molecule has 7 heteroatoms. The predicted molar refractivity (Wildman–Crippen MR) is 77.4 cm³/mol. The number of phenolic OH excluding ortho intramolecular Hbond substituents is 1. The van der Waals surface area contributed by atoms with E-state index in [2.05, 4.69) is 0 Å². The summed E-state index contributed by atoms with van der Waals surface area (Å²) in [5, 5.41) is 9.99. The Balaban J connectivity index is 2.09. The van der Waals surface area contributed by atoms with E-state index in [1.54, 1.807) is 12.1 Å². The first kappa shape index (κ1) is 14.1. The van der Waals surface area contributed by atoms with Crippen molar-refractivity contribution in [3.8, 4) is 11.7 Å². The minimum absolute atomic E-state index is 0.0121. The number of hydrogen-bond acceptors (Lipinski definition) is 7. The maximum atomic E-state index is 12.9. The van der Waals surface area contributed by atoms with Gasteiger partial charge in [0.05, 0.1) is 13.7 Å². The number of esters is 1. The Morgan fingerprint density at radius 2 is 2.22 bits per heavy atom. The van der Waals surface area contributed by atoms with E-state index in [1.807, 2.05) is 6.92 Å². The number of hydrogen-bond donors (Lipinski definition) is 1. The molecule has 0 amide bonds. The number of aromatic hydroxyl groups is 1. The summed E-state index contributed by atoms with van der Waals surface area (Å²) in [5.41, 5.74) is -2.07. The van der Waals surface area contributed by atoms with Gasteiger partial charge in [0, 0.05) is 5.92 Å². The molecule has 0 aliphatic carbocycles. The Hall–Kier alpha value is -2.54. The van der Waals surface area contributed by atoms with Crippen LogP contribution in [-0.2, 0) is 19.9 Å². The third-order valence-electron chi connectivity index (χ3n) is 4.45. The summed E-state index contributed by atoms with van der Waals surface area (Å²) in [6, 6.07) is 4.48. The summed E-state index contributed by atoms with van der Waals surface area (Å²) in [6.07, 6.45) is -0.708. The highest BCUT2D eigenvalue weighted by atomic mass is 16.6. The van der Waals surface area contributed by atoms with Crippen LogP contribution < -0.4 is 10.2 Å². The van der Waals surface area contributed by atoms with Gasteiger partial charge in [0.15, 0.2) is 6.10 Å². The number of phenols is 1. The Labute approximate surface area is 130 Å². The number of methoxy groups -OCH3 is 1. The topological polar surface area (TPSA) is 95.2 Å². The third kappa shape index (κ3) is 1.57. The van der Waals surface area contributed by atoms with Crippen LogP contribution in [0.2, 0.25) is 0 Å². The molecule has 1 aromatic heterocycles. The lowest BCUT2D eigenvalue weighted by Gasteiger charge is -2.23. The second-order valence-corrected chi connectivity index (χ2v) is 5.80. The molecule has 0 unspecified atom stereocenters. The van der Waals surface area contributed by atoms with E-state index < -0.39 is 23.1 Å². The van der Waals surface area contributed by atoms with Crippen LogP contribution in [0.4, 0.5) is 0 Å². The van der Waals surface area contributed by atoms with E-state index in [4.69, 9.17) is 18.6 Å². The molecule has 2 aromatic rings. The van der Waals surface area contributed by atoms with Crippen LogP contribution >= 0.6 is 0 Å². The molecule has 1 saturated heterocycles. The van der Waals surface area contributed by atoms with E-state index in [0.717, 1.165) is 0 Å². The van der Waals surface area contributed by atoms with Crippen LogP contribution in [0, 0.1) is 5.92 Å². The summed E-state index contributed by atoms with van der Waals surface area (Å²) >= 11 is 0. The summed E-state index contributed by atoms with van der Waals surface area (Å²) < 4.78 is 21.9. The van der Waals surface area contributed by atoms with Gasteiger partial charge in [-0.25, -0.2) is 4.79 Å². The first-order chi connectivity index (χ1) is 11.0. The molecule has 1 N–H and O–H groups in total. The van der Waals surface area contributed by atoms with E-state index in [1.165, 1.54) is 13.2 Å². The molecule has 3 atom stereocenters. The lowest BCUT2D eigenvalue weighted by atomic mass is 9.87. The van der Waals surface area contributed by atoms with Crippen LogP contribution in [0.25, 0.3) is 11.0 Å². The number of carbonyl (C=O) groups excluding carboxylic acids is 1. The predicted octanol–water partition coefficient (Wildman–Crippen LogP) is 1.29. The van der Waals surface area contributed by atoms with Gasteiger partial charge in [0.2, 0.25) is 11.0 Å². The van der Waals surface area contributed by atoms with Crippen LogP contribution in [-0.4, -0.2) is 30.9 Å². The Kier molecular flexibility index (Phi) is 2.74. The van der Waals surface area contributed by atoms with E-state index in [-0.39, 0.29) is 40.8 Å².